The van der Waals surface area contributed by atoms with E-state index in [-0.39, 0.29) is 5.78 Å². The molecule has 36 heavy (non-hydrogen) atoms. The Balaban J connectivity index is 1.43. The quantitative estimate of drug-likeness (QED) is 0.295. The minimum Gasteiger partial charge on any atom is -0.338 e. The molecule has 0 aliphatic carbocycles. The molecule has 0 aliphatic rings. The summed E-state index contributed by atoms with van der Waals surface area (Å²) < 4.78 is 0. The van der Waals surface area contributed by atoms with Gasteiger partial charge in [-0.05, 0) is 63.0 Å². The topological polar surface area (TPSA) is 103 Å². The SMILES string of the molecule is CC(=O)c1ccc(-c2ccnc3[nH]c(-c4n[nH]c5ncc(-c6cncc(CN(C)C)c6)cc45)cc23)s1. The number of carbonyl (C=O) groups is 1. The summed E-state index contributed by atoms with van der Waals surface area (Å²) in [5.74, 6) is 0.0695. The number of nitrogens with zero attached hydrogens (tertiary/aromatic N) is 5. The molecule has 0 atom stereocenters. The van der Waals surface area contributed by atoms with E-state index in [4.69, 9.17) is 0 Å². The van der Waals surface area contributed by atoms with Crippen molar-refractivity contribution < 1.29 is 4.79 Å². The van der Waals surface area contributed by atoms with Crippen molar-refractivity contribution in [3.8, 4) is 33.0 Å². The van der Waals surface area contributed by atoms with Crippen LogP contribution >= 0.6 is 11.3 Å². The smallest absolute Gasteiger partial charge is 0.169 e. The molecule has 0 bridgehead atoms. The number of fused-ring (bicyclic) bond motifs is 2. The maximum atomic E-state index is 11.8. The highest BCUT2D eigenvalue weighted by Crippen LogP contribution is 2.36. The van der Waals surface area contributed by atoms with E-state index in [1.165, 1.54) is 11.3 Å². The summed E-state index contributed by atoms with van der Waals surface area (Å²) in [5, 5.41) is 9.51. The molecule has 0 aliphatic heterocycles. The lowest BCUT2D eigenvalue weighted by Gasteiger charge is -2.10. The molecule has 8 nitrogen and oxygen atoms in total. The number of Topliss-reactive ketones (excluding diaryl/α,β-unsaturated/α-hetero) is 1. The Hall–Kier alpha value is -4.21. The molecule has 6 aromatic heterocycles. The van der Waals surface area contributed by atoms with E-state index in [1.54, 1.807) is 13.1 Å². The largest absolute Gasteiger partial charge is 0.338 e. The fourth-order valence-corrected chi connectivity index (χ4v) is 5.35. The minimum absolute atomic E-state index is 0.0695. The van der Waals surface area contributed by atoms with Crippen LogP contribution in [0.3, 0.4) is 0 Å². The normalized spacial score (nSPS) is 11.7. The van der Waals surface area contributed by atoms with Gasteiger partial charge in [0.15, 0.2) is 11.4 Å². The first-order valence-corrected chi connectivity index (χ1v) is 12.3. The van der Waals surface area contributed by atoms with E-state index in [1.807, 2.05) is 50.9 Å². The molecular weight excluding hydrogens is 470 g/mol. The van der Waals surface area contributed by atoms with Crippen molar-refractivity contribution in [1.29, 1.82) is 0 Å². The predicted molar refractivity (Wildman–Crippen MR) is 143 cm³/mol. The third-order valence-corrected chi connectivity index (χ3v) is 7.27. The number of hydrogen-bond donors (Lipinski definition) is 2. The Bertz CT molecular complexity index is 1740. The van der Waals surface area contributed by atoms with Crippen molar-refractivity contribution in [3.63, 3.8) is 0 Å². The van der Waals surface area contributed by atoms with Gasteiger partial charge in [0.2, 0.25) is 0 Å². The lowest BCUT2D eigenvalue weighted by atomic mass is 10.1. The van der Waals surface area contributed by atoms with Crippen LogP contribution in [0.4, 0.5) is 0 Å². The molecule has 6 aromatic rings. The molecule has 2 N–H and O–H groups in total. The van der Waals surface area contributed by atoms with E-state index in [9.17, 15) is 4.79 Å². The lowest BCUT2D eigenvalue weighted by molar-refractivity contribution is 0.102. The fraction of sp³-hybridized carbons (Fsp3) is 0.148. The van der Waals surface area contributed by atoms with Crippen LogP contribution in [0.25, 0.3) is 55.0 Å². The number of hydrogen-bond acceptors (Lipinski definition) is 7. The van der Waals surface area contributed by atoms with E-state index >= 15 is 0 Å². The Kier molecular flexibility index (Phi) is 5.43. The van der Waals surface area contributed by atoms with Crippen molar-refractivity contribution >= 4 is 39.2 Å². The number of aromatic nitrogens is 6. The number of carbonyl (C=O) groups excluding carboxylic acids is 1. The van der Waals surface area contributed by atoms with E-state index in [2.05, 4.69) is 53.2 Å². The van der Waals surface area contributed by atoms with Crippen molar-refractivity contribution in [2.45, 2.75) is 13.5 Å². The summed E-state index contributed by atoms with van der Waals surface area (Å²) in [7, 11) is 4.08. The molecule has 178 valence electrons. The van der Waals surface area contributed by atoms with Crippen LogP contribution in [0, 0.1) is 0 Å². The molecule has 0 aromatic carbocycles. The van der Waals surface area contributed by atoms with Gasteiger partial charge in [-0.2, -0.15) is 5.10 Å². The first kappa shape index (κ1) is 22.3. The monoisotopic (exact) mass is 493 g/mol. The van der Waals surface area contributed by atoms with Crippen LogP contribution in [0.5, 0.6) is 0 Å². The number of thiophene rings is 1. The Morgan fingerprint density at radius 3 is 2.64 bits per heavy atom. The second-order valence-electron chi connectivity index (χ2n) is 9.04. The van der Waals surface area contributed by atoms with Gasteiger partial charge in [0.25, 0.3) is 0 Å². The summed E-state index contributed by atoms with van der Waals surface area (Å²) in [5.41, 5.74) is 7.25. The van der Waals surface area contributed by atoms with Gasteiger partial charge in [-0.3, -0.25) is 14.9 Å². The first-order chi connectivity index (χ1) is 17.5. The molecule has 0 saturated heterocycles. The van der Waals surface area contributed by atoms with E-state index in [0.29, 0.717) is 5.65 Å². The molecule has 6 rings (SSSR count). The van der Waals surface area contributed by atoms with Gasteiger partial charge in [-0.25, -0.2) is 9.97 Å². The molecule has 0 spiro atoms. The summed E-state index contributed by atoms with van der Waals surface area (Å²) in [6.45, 7) is 2.40. The molecule has 0 unspecified atom stereocenters. The number of aromatic amines is 2. The Labute approximate surface area is 211 Å². The van der Waals surface area contributed by atoms with Gasteiger partial charge in [0.05, 0.1) is 10.6 Å². The standard InChI is InChI=1S/C27H23N7OS/c1-15(35)23-4-5-24(36-23)19-6-7-29-26-20(19)10-22(31-26)25-21-9-18(13-30-27(21)33-32-25)17-8-16(11-28-12-17)14-34(2)3/h4-13H,14H2,1-3H3,(H,29,31)(H,30,32,33). The van der Waals surface area contributed by atoms with Gasteiger partial charge >= 0.3 is 0 Å². The number of ketones is 1. The summed E-state index contributed by atoms with van der Waals surface area (Å²) in [6, 6.07) is 12.1. The van der Waals surface area contributed by atoms with Crippen LogP contribution in [0.1, 0.15) is 22.2 Å². The maximum Gasteiger partial charge on any atom is 0.169 e. The highest BCUT2D eigenvalue weighted by molar-refractivity contribution is 7.17. The molecule has 0 radical (unpaired) electrons. The second kappa shape index (κ2) is 8.78. The first-order valence-electron chi connectivity index (χ1n) is 11.5. The average molecular weight is 494 g/mol. The van der Waals surface area contributed by atoms with Gasteiger partial charge in [-0.15, -0.1) is 11.3 Å². The third-order valence-electron chi connectivity index (χ3n) is 6.05. The predicted octanol–water partition coefficient (Wildman–Crippen LogP) is 5.56. The summed E-state index contributed by atoms with van der Waals surface area (Å²) in [4.78, 5) is 32.7. The average Bonchev–Trinajstić information content (AvgIpc) is 3.60. The summed E-state index contributed by atoms with van der Waals surface area (Å²) in [6.07, 6.45) is 7.37. The van der Waals surface area contributed by atoms with Gasteiger partial charge in [0, 0.05) is 63.7 Å². The zero-order valence-electron chi connectivity index (χ0n) is 20.0. The van der Waals surface area contributed by atoms with Crippen molar-refractivity contribution in [3.05, 3.63) is 71.6 Å². The molecule has 0 saturated carbocycles. The number of rotatable bonds is 6. The fourth-order valence-electron chi connectivity index (χ4n) is 4.40. The Morgan fingerprint density at radius 2 is 1.83 bits per heavy atom. The van der Waals surface area contributed by atoms with Crippen LogP contribution in [-0.4, -0.2) is 54.9 Å². The maximum absolute atomic E-state index is 11.8. The lowest BCUT2D eigenvalue weighted by Crippen LogP contribution is -2.10. The number of pyridine rings is 3. The van der Waals surface area contributed by atoms with Crippen LogP contribution in [0.2, 0.25) is 0 Å². The van der Waals surface area contributed by atoms with Crippen molar-refractivity contribution in [1.82, 2.24) is 35.0 Å². The van der Waals surface area contributed by atoms with Crippen LogP contribution in [-0.2, 0) is 6.54 Å². The zero-order chi connectivity index (χ0) is 24.8. The number of nitrogens with one attached hydrogen (secondary N) is 2. The van der Waals surface area contributed by atoms with Crippen molar-refractivity contribution in [2.75, 3.05) is 14.1 Å². The molecule has 6 heterocycles. The summed E-state index contributed by atoms with van der Waals surface area (Å²) >= 11 is 1.49. The van der Waals surface area contributed by atoms with Gasteiger partial charge < -0.3 is 9.88 Å². The van der Waals surface area contributed by atoms with E-state index in [0.717, 1.165) is 66.4 Å². The molecule has 0 fully saturated rings. The van der Waals surface area contributed by atoms with Crippen LogP contribution in [0.15, 0.2) is 61.2 Å². The third kappa shape index (κ3) is 3.98. The van der Waals surface area contributed by atoms with Gasteiger partial charge in [0.1, 0.15) is 11.3 Å². The molecule has 9 heteroatoms. The number of H-pyrrole nitrogens is 2. The zero-order valence-corrected chi connectivity index (χ0v) is 20.8. The van der Waals surface area contributed by atoms with Gasteiger partial charge in [-0.1, -0.05) is 0 Å². The van der Waals surface area contributed by atoms with E-state index < -0.39 is 0 Å². The van der Waals surface area contributed by atoms with Crippen molar-refractivity contribution in [2.24, 2.45) is 0 Å². The van der Waals surface area contributed by atoms with Crippen LogP contribution < -0.4 is 0 Å². The minimum atomic E-state index is 0.0695. The molecule has 0 amide bonds. The highest BCUT2D eigenvalue weighted by Gasteiger charge is 2.17. The Morgan fingerprint density at radius 1 is 0.972 bits per heavy atom. The molecular formula is C27H23N7OS. The highest BCUT2D eigenvalue weighted by atomic mass is 32.1. The second-order valence-corrected chi connectivity index (χ2v) is 10.1.